The molecule has 3 aliphatic heterocycles. The summed E-state index contributed by atoms with van der Waals surface area (Å²) >= 11 is 0. The molecule has 0 bridgehead atoms. The Morgan fingerprint density at radius 2 is 1.89 bits per heavy atom. The van der Waals surface area contributed by atoms with Crippen LogP contribution in [0.25, 0.3) is 11.3 Å². The molecule has 3 aromatic rings. The quantitative estimate of drug-likeness (QED) is 0.592. The van der Waals surface area contributed by atoms with Gasteiger partial charge >= 0.3 is 0 Å². The van der Waals surface area contributed by atoms with Gasteiger partial charge in [-0.15, -0.1) is 0 Å². The van der Waals surface area contributed by atoms with Crippen LogP contribution in [0, 0.1) is 11.3 Å². The van der Waals surface area contributed by atoms with Crippen LogP contribution in [0.4, 0.5) is 5.69 Å². The Hall–Kier alpha value is -3.01. The maximum absolute atomic E-state index is 13.4. The number of amides is 1. The average Bonchev–Trinajstić information content (AvgIpc) is 3.56. The second-order valence-electron chi connectivity index (χ2n) is 10.7. The number of hydrogen-bond donors (Lipinski definition) is 1. The van der Waals surface area contributed by atoms with Crippen LogP contribution in [0.15, 0.2) is 59.9 Å². The molecule has 1 amide bonds. The van der Waals surface area contributed by atoms with E-state index in [1.165, 1.54) is 11.1 Å². The highest BCUT2D eigenvalue weighted by molar-refractivity contribution is 7.89. The Morgan fingerprint density at radius 1 is 1.11 bits per heavy atom. The van der Waals surface area contributed by atoms with Gasteiger partial charge in [0, 0.05) is 37.3 Å². The molecule has 2 fully saturated rings. The fourth-order valence-corrected chi connectivity index (χ4v) is 8.51. The van der Waals surface area contributed by atoms with Crippen molar-refractivity contribution in [2.24, 2.45) is 11.3 Å². The summed E-state index contributed by atoms with van der Waals surface area (Å²) in [5, 5.41) is 11.5. The van der Waals surface area contributed by atoms with E-state index < -0.39 is 16.1 Å². The van der Waals surface area contributed by atoms with Gasteiger partial charge in [0.1, 0.15) is 0 Å². The van der Waals surface area contributed by atoms with Crippen molar-refractivity contribution in [2.75, 3.05) is 25.0 Å². The highest BCUT2D eigenvalue weighted by Crippen LogP contribution is 2.59. The zero-order valence-electron chi connectivity index (χ0n) is 20.0. The predicted octanol–water partition coefficient (Wildman–Crippen LogP) is 2.82. The summed E-state index contributed by atoms with van der Waals surface area (Å²) in [5.41, 5.74) is 4.78. The van der Waals surface area contributed by atoms with Crippen LogP contribution >= 0.6 is 0 Å². The van der Waals surface area contributed by atoms with Crippen molar-refractivity contribution < 1.29 is 18.3 Å². The maximum atomic E-state index is 13.4. The van der Waals surface area contributed by atoms with Crippen molar-refractivity contribution >= 4 is 21.6 Å². The predicted molar refractivity (Wildman–Crippen MR) is 134 cm³/mol. The number of anilines is 1. The number of aliphatic hydroxyl groups excluding tert-OH is 1. The van der Waals surface area contributed by atoms with E-state index in [4.69, 9.17) is 0 Å². The average molecular weight is 505 g/mol. The minimum absolute atomic E-state index is 0.0271. The molecule has 1 unspecified atom stereocenters. The molecule has 1 saturated carbocycles. The minimum atomic E-state index is -3.66. The van der Waals surface area contributed by atoms with E-state index in [9.17, 15) is 18.3 Å². The molecule has 2 aromatic carbocycles. The Kier molecular flexibility index (Phi) is 4.63. The maximum Gasteiger partial charge on any atom is 0.243 e. The zero-order chi connectivity index (χ0) is 24.8. The summed E-state index contributed by atoms with van der Waals surface area (Å²) in [6.45, 7) is 0.777. The van der Waals surface area contributed by atoms with Gasteiger partial charge in [-0.2, -0.15) is 4.31 Å². The molecule has 1 spiro atoms. The normalized spacial score (nSPS) is 26.6. The van der Waals surface area contributed by atoms with Gasteiger partial charge < -0.3 is 14.6 Å². The van der Waals surface area contributed by atoms with Crippen molar-refractivity contribution in [3.05, 3.63) is 66.1 Å². The molecule has 4 heterocycles. The molecule has 1 aliphatic carbocycles. The van der Waals surface area contributed by atoms with Gasteiger partial charge in [0.25, 0.3) is 0 Å². The Balaban J connectivity index is 1.08. The Morgan fingerprint density at radius 3 is 2.67 bits per heavy atom. The number of carbonyl (C=O) groups is 1. The molecule has 4 aliphatic rings. The third kappa shape index (κ3) is 2.90. The van der Waals surface area contributed by atoms with Gasteiger partial charge in [-0.05, 0) is 54.0 Å². The number of imidazole rings is 1. The molecular formula is C27H28N4O4S. The van der Waals surface area contributed by atoms with Crippen molar-refractivity contribution in [1.29, 1.82) is 0 Å². The number of aliphatic hydroxyl groups is 1. The van der Waals surface area contributed by atoms with E-state index in [2.05, 4.69) is 21.7 Å². The van der Waals surface area contributed by atoms with E-state index >= 15 is 0 Å². The van der Waals surface area contributed by atoms with E-state index in [1.54, 1.807) is 34.5 Å². The van der Waals surface area contributed by atoms with Crippen LogP contribution < -0.4 is 4.90 Å². The largest absolute Gasteiger partial charge is 0.392 e. The zero-order valence-corrected chi connectivity index (χ0v) is 20.9. The van der Waals surface area contributed by atoms with Gasteiger partial charge in [-0.25, -0.2) is 13.4 Å². The van der Waals surface area contributed by atoms with Crippen molar-refractivity contribution in [1.82, 2.24) is 13.9 Å². The molecular weight excluding hydrogens is 476 g/mol. The first-order chi connectivity index (χ1) is 17.3. The number of nitrogens with zero attached hydrogens (tertiary/aromatic N) is 4. The van der Waals surface area contributed by atoms with E-state index in [0.717, 1.165) is 23.4 Å². The van der Waals surface area contributed by atoms with E-state index in [-0.39, 0.29) is 34.6 Å². The fraction of sp³-hybridized carbons (Fsp3) is 0.407. The number of carbonyl (C=O) groups excluding carboxylic acids is 1. The van der Waals surface area contributed by atoms with Crippen LogP contribution in [-0.2, 0) is 21.2 Å². The van der Waals surface area contributed by atoms with Gasteiger partial charge in [0.15, 0.2) is 0 Å². The van der Waals surface area contributed by atoms with Gasteiger partial charge in [0.2, 0.25) is 15.9 Å². The van der Waals surface area contributed by atoms with E-state index in [1.807, 2.05) is 24.7 Å². The molecule has 7 rings (SSSR count). The third-order valence-electron chi connectivity index (χ3n) is 9.09. The molecule has 36 heavy (non-hydrogen) atoms. The van der Waals surface area contributed by atoms with Gasteiger partial charge in [-0.1, -0.05) is 24.3 Å². The van der Waals surface area contributed by atoms with Crippen molar-refractivity contribution in [3.8, 4) is 11.3 Å². The lowest BCUT2D eigenvalue weighted by molar-refractivity contribution is -0.152. The van der Waals surface area contributed by atoms with Crippen LogP contribution in [0.5, 0.6) is 0 Å². The highest BCUT2D eigenvalue weighted by Gasteiger charge is 2.58. The summed E-state index contributed by atoms with van der Waals surface area (Å²) in [6, 6.07) is 13.4. The summed E-state index contributed by atoms with van der Waals surface area (Å²) in [5.74, 6) is 0.0525. The summed E-state index contributed by atoms with van der Waals surface area (Å²) in [4.78, 5) is 18.2. The molecule has 0 radical (unpaired) electrons. The van der Waals surface area contributed by atoms with Crippen molar-refractivity contribution in [3.63, 3.8) is 0 Å². The van der Waals surface area contributed by atoms with Gasteiger partial charge in [-0.3, -0.25) is 4.79 Å². The molecule has 3 atom stereocenters. The lowest BCUT2D eigenvalue weighted by Crippen LogP contribution is -2.59. The van der Waals surface area contributed by atoms with Crippen molar-refractivity contribution in [2.45, 2.75) is 42.7 Å². The van der Waals surface area contributed by atoms with Crippen LogP contribution in [0.1, 0.15) is 36.4 Å². The first-order valence-corrected chi connectivity index (χ1v) is 13.9. The van der Waals surface area contributed by atoms with Crippen LogP contribution in [-0.4, -0.2) is 59.5 Å². The molecule has 1 aromatic heterocycles. The second-order valence-corrected chi connectivity index (χ2v) is 12.7. The molecule has 9 heteroatoms. The summed E-state index contributed by atoms with van der Waals surface area (Å²) in [7, 11) is -1.95. The number of hydrogen-bond acceptors (Lipinski definition) is 5. The first-order valence-electron chi connectivity index (χ1n) is 12.5. The smallest absolute Gasteiger partial charge is 0.243 e. The standard InChI is InChI=1S/C27H28N4O4S/c1-29-22-7-6-18(12-17(22)13-24(29)32)36(34,35)30-10-8-27(9-11-30)14-21(26(27)33)25-20-5-3-2-4-19(20)23-15-28-16-31(23)25/h2-7,12,15-16,21,25-26,33H,8-11,13-14H2,1H3/t21-,25?,26+/m0/s1. The Bertz CT molecular complexity index is 1510. The molecule has 1 saturated heterocycles. The monoisotopic (exact) mass is 504 g/mol. The molecule has 1 N–H and O–H groups in total. The third-order valence-corrected chi connectivity index (χ3v) is 11.0. The number of benzene rings is 2. The SMILES string of the molecule is CN1C(=O)Cc2cc(S(=O)(=O)N3CCC4(CC3)C[C@@H](C3c5ccccc5-c5cncn53)[C@H]4O)ccc21. The topological polar surface area (TPSA) is 95.7 Å². The second kappa shape index (κ2) is 7.50. The molecule has 186 valence electrons. The fourth-order valence-electron chi connectivity index (χ4n) is 7.02. The number of sulfonamides is 1. The number of fused-ring (bicyclic) bond motifs is 4. The van der Waals surface area contributed by atoms with Crippen LogP contribution in [0.2, 0.25) is 0 Å². The van der Waals surface area contributed by atoms with E-state index in [0.29, 0.717) is 25.9 Å². The van der Waals surface area contributed by atoms with Crippen LogP contribution in [0.3, 0.4) is 0 Å². The lowest BCUT2D eigenvalue weighted by Gasteiger charge is -2.57. The Labute approximate surface area is 210 Å². The minimum Gasteiger partial charge on any atom is -0.392 e. The first kappa shape index (κ1) is 22.2. The number of aromatic nitrogens is 2. The molecule has 8 nitrogen and oxygen atoms in total. The van der Waals surface area contributed by atoms with Gasteiger partial charge in [0.05, 0.1) is 41.7 Å². The lowest BCUT2D eigenvalue weighted by atomic mass is 9.53. The summed E-state index contributed by atoms with van der Waals surface area (Å²) < 4.78 is 30.6. The number of likely N-dealkylation sites (N-methyl/N-ethyl adjacent to an activating group) is 1. The number of piperidine rings is 1. The summed E-state index contributed by atoms with van der Waals surface area (Å²) in [6.07, 6.45) is 5.63. The highest BCUT2D eigenvalue weighted by atomic mass is 32.2. The number of rotatable bonds is 3.